The lowest BCUT2D eigenvalue weighted by atomic mass is 9.82. The van der Waals surface area contributed by atoms with E-state index in [0.29, 0.717) is 0 Å². The number of benzene rings is 2. The maximum Gasteiger partial charge on any atom is 0.121 e. The van der Waals surface area contributed by atoms with Gasteiger partial charge in [-0.3, -0.25) is 0 Å². The SMILES string of the molecule is CCC(C)(C)c1ccc(OC(C)c2cccc(N)c2)cc1. The summed E-state index contributed by atoms with van der Waals surface area (Å²) in [5.41, 5.74) is 9.22. The van der Waals surface area contributed by atoms with Crippen molar-refractivity contribution < 1.29 is 4.74 Å². The lowest BCUT2D eigenvalue weighted by molar-refractivity contribution is 0.227. The molecule has 0 bridgehead atoms. The van der Waals surface area contributed by atoms with Crippen LogP contribution in [0.25, 0.3) is 0 Å². The van der Waals surface area contributed by atoms with Crippen molar-refractivity contribution in [3.63, 3.8) is 0 Å². The summed E-state index contributed by atoms with van der Waals surface area (Å²) in [5.74, 6) is 0.889. The number of nitrogens with two attached hydrogens (primary N) is 1. The molecule has 0 saturated heterocycles. The zero-order valence-electron chi connectivity index (χ0n) is 13.4. The second-order valence-electron chi connectivity index (χ2n) is 6.19. The Morgan fingerprint density at radius 3 is 2.33 bits per heavy atom. The van der Waals surface area contributed by atoms with Crippen LogP contribution in [-0.4, -0.2) is 0 Å². The Bertz CT molecular complexity index is 587. The third-order valence-corrected chi connectivity index (χ3v) is 4.21. The molecule has 0 aromatic heterocycles. The van der Waals surface area contributed by atoms with Crippen LogP contribution in [0.3, 0.4) is 0 Å². The highest BCUT2D eigenvalue weighted by atomic mass is 16.5. The van der Waals surface area contributed by atoms with Crippen molar-refractivity contribution in [3.05, 3.63) is 59.7 Å². The van der Waals surface area contributed by atoms with Crippen molar-refractivity contribution in [3.8, 4) is 5.75 Å². The first-order valence-corrected chi connectivity index (χ1v) is 7.55. The molecule has 2 aromatic carbocycles. The van der Waals surface area contributed by atoms with Gasteiger partial charge < -0.3 is 10.5 Å². The average Bonchev–Trinajstić information content (AvgIpc) is 2.48. The number of nitrogen functional groups attached to an aromatic ring is 1. The van der Waals surface area contributed by atoms with Gasteiger partial charge in [0.05, 0.1) is 0 Å². The van der Waals surface area contributed by atoms with Crippen molar-refractivity contribution in [2.75, 3.05) is 5.73 Å². The van der Waals surface area contributed by atoms with Crippen LogP contribution in [0.2, 0.25) is 0 Å². The van der Waals surface area contributed by atoms with Gasteiger partial charge in [-0.05, 0) is 54.2 Å². The Labute approximate surface area is 127 Å². The highest BCUT2D eigenvalue weighted by Gasteiger charge is 2.17. The third-order valence-electron chi connectivity index (χ3n) is 4.21. The Hall–Kier alpha value is -1.96. The lowest BCUT2D eigenvalue weighted by Crippen LogP contribution is -2.15. The van der Waals surface area contributed by atoms with Crippen molar-refractivity contribution in [1.29, 1.82) is 0 Å². The number of ether oxygens (including phenoxy) is 1. The van der Waals surface area contributed by atoms with E-state index in [1.165, 1.54) is 5.56 Å². The van der Waals surface area contributed by atoms with E-state index in [2.05, 4.69) is 45.0 Å². The Kier molecular flexibility index (Phi) is 4.56. The van der Waals surface area contributed by atoms with E-state index in [9.17, 15) is 0 Å². The van der Waals surface area contributed by atoms with Crippen molar-refractivity contribution >= 4 is 5.69 Å². The molecule has 112 valence electrons. The summed E-state index contributed by atoms with van der Waals surface area (Å²) in [6.07, 6.45) is 1.10. The van der Waals surface area contributed by atoms with Gasteiger partial charge in [0.15, 0.2) is 0 Å². The summed E-state index contributed by atoms with van der Waals surface area (Å²) in [6, 6.07) is 16.3. The first-order valence-electron chi connectivity index (χ1n) is 7.55. The van der Waals surface area contributed by atoms with Crippen molar-refractivity contribution in [1.82, 2.24) is 0 Å². The molecule has 0 radical (unpaired) electrons. The molecule has 2 heteroatoms. The predicted octanol–water partition coefficient (Wildman–Crippen LogP) is 5.10. The standard InChI is InChI=1S/C19H25NO/c1-5-19(3,4)16-9-11-18(12-10-16)21-14(2)15-7-6-8-17(20)13-15/h6-14H,5,20H2,1-4H3. The van der Waals surface area contributed by atoms with E-state index >= 15 is 0 Å². The molecule has 0 spiro atoms. The predicted molar refractivity (Wildman–Crippen MR) is 89.7 cm³/mol. The first kappa shape index (κ1) is 15.4. The molecule has 21 heavy (non-hydrogen) atoms. The van der Waals surface area contributed by atoms with Crippen LogP contribution in [-0.2, 0) is 5.41 Å². The molecule has 0 amide bonds. The van der Waals surface area contributed by atoms with Crippen LogP contribution < -0.4 is 10.5 Å². The van der Waals surface area contributed by atoms with Gasteiger partial charge in [-0.15, -0.1) is 0 Å². The van der Waals surface area contributed by atoms with E-state index in [0.717, 1.165) is 23.4 Å². The summed E-state index contributed by atoms with van der Waals surface area (Å²) < 4.78 is 6.00. The number of hydrogen-bond donors (Lipinski definition) is 1. The zero-order valence-corrected chi connectivity index (χ0v) is 13.4. The molecule has 1 atom stereocenters. The fourth-order valence-electron chi connectivity index (χ4n) is 2.27. The summed E-state index contributed by atoms with van der Waals surface area (Å²) in [6.45, 7) is 8.78. The minimum absolute atomic E-state index is 0.0152. The summed E-state index contributed by atoms with van der Waals surface area (Å²) in [5, 5.41) is 0. The van der Waals surface area contributed by atoms with Crippen LogP contribution in [0.1, 0.15) is 51.3 Å². The topological polar surface area (TPSA) is 35.2 Å². The minimum Gasteiger partial charge on any atom is -0.486 e. The van der Waals surface area contributed by atoms with Crippen molar-refractivity contribution in [2.24, 2.45) is 0 Å². The quantitative estimate of drug-likeness (QED) is 0.775. The molecule has 0 aliphatic carbocycles. The average molecular weight is 283 g/mol. The van der Waals surface area contributed by atoms with Gasteiger partial charge in [-0.1, -0.05) is 45.0 Å². The monoisotopic (exact) mass is 283 g/mol. The summed E-state index contributed by atoms with van der Waals surface area (Å²) in [7, 11) is 0. The lowest BCUT2D eigenvalue weighted by Gasteiger charge is -2.24. The minimum atomic E-state index is -0.0152. The first-order chi connectivity index (χ1) is 9.92. The Balaban J connectivity index is 2.10. The summed E-state index contributed by atoms with van der Waals surface area (Å²) in [4.78, 5) is 0. The zero-order chi connectivity index (χ0) is 15.5. The van der Waals surface area contributed by atoms with Gasteiger partial charge in [0.2, 0.25) is 0 Å². The normalized spacial score (nSPS) is 13.0. The van der Waals surface area contributed by atoms with Crippen LogP contribution in [0.15, 0.2) is 48.5 Å². The Morgan fingerprint density at radius 2 is 1.76 bits per heavy atom. The van der Waals surface area contributed by atoms with Crippen LogP contribution in [0.4, 0.5) is 5.69 Å². The van der Waals surface area contributed by atoms with Gasteiger partial charge >= 0.3 is 0 Å². The largest absolute Gasteiger partial charge is 0.486 e. The number of rotatable bonds is 5. The molecular weight excluding hydrogens is 258 g/mol. The highest BCUT2D eigenvalue weighted by Crippen LogP contribution is 2.29. The fraction of sp³-hybridized carbons (Fsp3) is 0.368. The van der Waals surface area contributed by atoms with Gasteiger partial charge in [0, 0.05) is 5.69 Å². The van der Waals surface area contributed by atoms with E-state index in [1.807, 2.05) is 31.2 Å². The van der Waals surface area contributed by atoms with E-state index in [4.69, 9.17) is 10.5 Å². The molecule has 0 fully saturated rings. The Morgan fingerprint density at radius 1 is 1.10 bits per heavy atom. The highest BCUT2D eigenvalue weighted by molar-refractivity contribution is 5.41. The van der Waals surface area contributed by atoms with E-state index in [1.54, 1.807) is 0 Å². The van der Waals surface area contributed by atoms with Crippen LogP contribution >= 0.6 is 0 Å². The number of hydrogen-bond acceptors (Lipinski definition) is 2. The molecule has 2 N–H and O–H groups in total. The molecule has 0 aliphatic heterocycles. The van der Waals surface area contributed by atoms with Crippen molar-refractivity contribution in [2.45, 2.75) is 45.6 Å². The van der Waals surface area contributed by atoms with Gasteiger partial charge in [-0.2, -0.15) is 0 Å². The van der Waals surface area contributed by atoms with Gasteiger partial charge in [-0.25, -0.2) is 0 Å². The van der Waals surface area contributed by atoms with Gasteiger partial charge in [0.1, 0.15) is 11.9 Å². The van der Waals surface area contributed by atoms with Crippen LogP contribution in [0, 0.1) is 0 Å². The van der Waals surface area contributed by atoms with Gasteiger partial charge in [0.25, 0.3) is 0 Å². The maximum absolute atomic E-state index is 6.00. The molecule has 0 aliphatic rings. The molecule has 2 rings (SSSR count). The smallest absolute Gasteiger partial charge is 0.121 e. The fourth-order valence-corrected chi connectivity index (χ4v) is 2.27. The molecule has 0 saturated carbocycles. The van der Waals surface area contributed by atoms with E-state index < -0.39 is 0 Å². The maximum atomic E-state index is 6.00. The molecular formula is C19H25NO. The van der Waals surface area contributed by atoms with Crippen LogP contribution in [0.5, 0.6) is 5.75 Å². The second kappa shape index (κ2) is 6.21. The van der Waals surface area contributed by atoms with E-state index in [-0.39, 0.29) is 11.5 Å². The molecule has 2 nitrogen and oxygen atoms in total. The molecule has 0 heterocycles. The molecule has 2 aromatic rings. The summed E-state index contributed by atoms with van der Waals surface area (Å²) >= 11 is 0. The number of anilines is 1. The second-order valence-corrected chi connectivity index (χ2v) is 6.19. The molecule has 1 unspecified atom stereocenters. The third kappa shape index (κ3) is 3.78.